The molecule has 1 saturated carbocycles. The minimum Gasteiger partial charge on any atom is -0.481 e. The first-order valence-electron chi connectivity index (χ1n) is 7.07. The highest BCUT2D eigenvalue weighted by Crippen LogP contribution is 2.40. The van der Waals surface area contributed by atoms with Crippen LogP contribution in [0.4, 0.5) is 9.59 Å². The Morgan fingerprint density at radius 1 is 1.38 bits per heavy atom. The van der Waals surface area contributed by atoms with Gasteiger partial charge in [0.15, 0.2) is 0 Å². The Labute approximate surface area is 122 Å². The smallest absolute Gasteiger partial charge is 0.407 e. The molecule has 0 aromatic rings. The van der Waals surface area contributed by atoms with Crippen LogP contribution >= 0.6 is 0 Å². The average Bonchev–Trinajstić information content (AvgIpc) is 2.85. The number of methoxy groups -OCH3 is 1. The number of carbonyl (C=O) groups excluding carboxylic acids is 2. The second kappa shape index (κ2) is 6.19. The van der Waals surface area contributed by atoms with Crippen molar-refractivity contribution in [2.75, 3.05) is 26.7 Å². The number of carboxylic acid groups (broad SMARTS) is 1. The first kappa shape index (κ1) is 15.4. The summed E-state index contributed by atoms with van der Waals surface area (Å²) in [5.74, 6) is -0.847. The van der Waals surface area contributed by atoms with Crippen molar-refractivity contribution in [3.8, 4) is 0 Å². The van der Waals surface area contributed by atoms with Gasteiger partial charge >= 0.3 is 18.1 Å². The SMILES string of the molecule is COC(=O)NC1CCN(C(=O)NCC2(C(=O)O)CCC2)C1. The molecule has 0 radical (unpaired) electrons. The molecular formula is C13H21N3O5. The van der Waals surface area contributed by atoms with Crippen molar-refractivity contribution in [1.82, 2.24) is 15.5 Å². The van der Waals surface area contributed by atoms with E-state index in [1.54, 1.807) is 4.90 Å². The fraction of sp³-hybridized carbons (Fsp3) is 0.769. The molecule has 8 nitrogen and oxygen atoms in total. The normalized spacial score (nSPS) is 23.1. The topological polar surface area (TPSA) is 108 Å². The number of nitrogens with one attached hydrogen (secondary N) is 2. The number of nitrogens with zero attached hydrogens (tertiary/aromatic N) is 1. The number of rotatable bonds is 4. The van der Waals surface area contributed by atoms with Crippen LogP contribution in [0.5, 0.6) is 0 Å². The fourth-order valence-corrected chi connectivity index (χ4v) is 2.71. The fourth-order valence-electron chi connectivity index (χ4n) is 2.71. The highest BCUT2D eigenvalue weighted by Gasteiger charge is 2.44. The van der Waals surface area contributed by atoms with Gasteiger partial charge in [0.1, 0.15) is 0 Å². The van der Waals surface area contributed by atoms with Crippen LogP contribution in [0.15, 0.2) is 0 Å². The largest absolute Gasteiger partial charge is 0.481 e. The molecule has 0 aromatic carbocycles. The van der Waals surface area contributed by atoms with Crippen molar-refractivity contribution < 1.29 is 24.2 Å². The molecule has 1 atom stereocenters. The Bertz CT molecular complexity index is 436. The van der Waals surface area contributed by atoms with Crippen LogP contribution in [0.1, 0.15) is 25.7 Å². The number of urea groups is 1. The summed E-state index contributed by atoms with van der Waals surface area (Å²) in [7, 11) is 1.29. The summed E-state index contributed by atoms with van der Waals surface area (Å²) >= 11 is 0. The zero-order valence-electron chi connectivity index (χ0n) is 12.1. The second-order valence-corrected chi connectivity index (χ2v) is 5.67. The van der Waals surface area contributed by atoms with Gasteiger partial charge in [-0.3, -0.25) is 4.79 Å². The second-order valence-electron chi connectivity index (χ2n) is 5.67. The van der Waals surface area contributed by atoms with Gasteiger partial charge in [-0.1, -0.05) is 6.42 Å². The van der Waals surface area contributed by atoms with Crippen molar-refractivity contribution in [2.45, 2.75) is 31.7 Å². The van der Waals surface area contributed by atoms with Crippen molar-refractivity contribution in [3.63, 3.8) is 0 Å². The summed E-state index contributed by atoms with van der Waals surface area (Å²) in [4.78, 5) is 35.9. The van der Waals surface area contributed by atoms with Crippen LogP contribution < -0.4 is 10.6 Å². The summed E-state index contributed by atoms with van der Waals surface area (Å²) in [6, 6.07) is -0.406. The first-order chi connectivity index (χ1) is 9.97. The predicted molar refractivity (Wildman–Crippen MR) is 72.8 cm³/mol. The Morgan fingerprint density at radius 2 is 2.10 bits per heavy atom. The maximum atomic E-state index is 12.0. The van der Waals surface area contributed by atoms with E-state index in [0.717, 1.165) is 6.42 Å². The third kappa shape index (κ3) is 3.37. The lowest BCUT2D eigenvalue weighted by Crippen LogP contribution is -2.50. The van der Waals surface area contributed by atoms with E-state index >= 15 is 0 Å². The van der Waals surface area contributed by atoms with E-state index in [2.05, 4.69) is 15.4 Å². The van der Waals surface area contributed by atoms with Gasteiger partial charge in [-0.05, 0) is 19.3 Å². The summed E-state index contributed by atoms with van der Waals surface area (Å²) in [5, 5.41) is 14.6. The van der Waals surface area contributed by atoms with Crippen LogP contribution in [0.2, 0.25) is 0 Å². The molecule has 2 rings (SSSR count). The number of hydrogen-bond acceptors (Lipinski definition) is 4. The molecule has 0 aromatic heterocycles. The van der Waals surface area contributed by atoms with E-state index in [0.29, 0.717) is 32.4 Å². The van der Waals surface area contributed by atoms with Crippen LogP contribution in [-0.4, -0.2) is 60.9 Å². The summed E-state index contributed by atoms with van der Waals surface area (Å²) in [5.41, 5.74) is -0.793. The molecule has 1 aliphatic carbocycles. The Kier molecular flexibility index (Phi) is 4.54. The average molecular weight is 299 g/mol. The van der Waals surface area contributed by atoms with E-state index < -0.39 is 17.5 Å². The van der Waals surface area contributed by atoms with E-state index in [1.807, 2.05) is 0 Å². The molecule has 2 fully saturated rings. The van der Waals surface area contributed by atoms with Gasteiger partial charge in [-0.15, -0.1) is 0 Å². The zero-order chi connectivity index (χ0) is 15.5. The minimum absolute atomic E-state index is 0.125. The maximum Gasteiger partial charge on any atom is 0.407 e. The molecule has 1 aliphatic heterocycles. The summed E-state index contributed by atoms with van der Waals surface area (Å²) in [6.07, 6.45) is 2.25. The lowest BCUT2D eigenvalue weighted by atomic mass is 9.69. The number of alkyl carbamates (subject to hydrolysis) is 1. The van der Waals surface area contributed by atoms with Gasteiger partial charge in [0.25, 0.3) is 0 Å². The molecule has 1 heterocycles. The highest BCUT2D eigenvalue weighted by molar-refractivity contribution is 5.79. The van der Waals surface area contributed by atoms with Gasteiger partial charge in [0, 0.05) is 19.6 Å². The van der Waals surface area contributed by atoms with E-state index in [1.165, 1.54) is 7.11 Å². The Balaban J connectivity index is 1.77. The Hall–Kier alpha value is -1.99. The molecule has 3 N–H and O–H groups in total. The quantitative estimate of drug-likeness (QED) is 0.695. The third-order valence-electron chi connectivity index (χ3n) is 4.33. The summed E-state index contributed by atoms with van der Waals surface area (Å²) < 4.78 is 4.51. The minimum atomic E-state index is -0.847. The van der Waals surface area contributed by atoms with E-state index in [4.69, 9.17) is 0 Å². The molecule has 2 aliphatic rings. The van der Waals surface area contributed by atoms with Crippen LogP contribution in [0, 0.1) is 5.41 Å². The maximum absolute atomic E-state index is 12.0. The van der Waals surface area contributed by atoms with Crippen LogP contribution in [0.25, 0.3) is 0 Å². The third-order valence-corrected chi connectivity index (χ3v) is 4.33. The van der Waals surface area contributed by atoms with Gasteiger partial charge in [0.05, 0.1) is 18.6 Å². The number of likely N-dealkylation sites (tertiary alicyclic amines) is 1. The van der Waals surface area contributed by atoms with E-state index in [9.17, 15) is 19.5 Å². The highest BCUT2D eigenvalue weighted by atomic mass is 16.5. The molecule has 1 saturated heterocycles. The van der Waals surface area contributed by atoms with Crippen LogP contribution in [0.3, 0.4) is 0 Å². The number of carboxylic acids is 1. The van der Waals surface area contributed by atoms with E-state index in [-0.39, 0.29) is 18.6 Å². The lowest BCUT2D eigenvalue weighted by Gasteiger charge is -2.37. The van der Waals surface area contributed by atoms with Crippen molar-refractivity contribution in [2.24, 2.45) is 5.41 Å². The van der Waals surface area contributed by atoms with Gasteiger partial charge in [-0.2, -0.15) is 0 Å². The van der Waals surface area contributed by atoms with Gasteiger partial charge in [-0.25, -0.2) is 9.59 Å². The predicted octanol–water partition coefficient (Wildman–Crippen LogP) is 0.381. The molecule has 0 bridgehead atoms. The van der Waals surface area contributed by atoms with Gasteiger partial charge in [0.2, 0.25) is 0 Å². The number of carbonyl (C=O) groups is 3. The molecular weight excluding hydrogens is 278 g/mol. The van der Waals surface area contributed by atoms with Crippen molar-refractivity contribution in [3.05, 3.63) is 0 Å². The number of ether oxygens (including phenoxy) is 1. The molecule has 1 unspecified atom stereocenters. The Morgan fingerprint density at radius 3 is 2.62 bits per heavy atom. The number of hydrogen-bond donors (Lipinski definition) is 3. The number of amides is 3. The van der Waals surface area contributed by atoms with Crippen molar-refractivity contribution >= 4 is 18.1 Å². The number of aliphatic carboxylic acids is 1. The standard InChI is InChI=1S/C13H21N3O5/c1-21-12(20)15-9-3-6-16(7-9)11(19)14-8-13(10(17)18)4-2-5-13/h9H,2-8H2,1H3,(H,14,19)(H,15,20)(H,17,18). The molecule has 0 spiro atoms. The van der Waals surface area contributed by atoms with Crippen molar-refractivity contribution in [1.29, 1.82) is 0 Å². The molecule has 8 heteroatoms. The van der Waals surface area contributed by atoms with Crippen LogP contribution in [-0.2, 0) is 9.53 Å². The first-order valence-corrected chi connectivity index (χ1v) is 7.07. The van der Waals surface area contributed by atoms with Gasteiger partial charge < -0.3 is 25.4 Å². The monoisotopic (exact) mass is 299 g/mol. The summed E-state index contributed by atoms with van der Waals surface area (Å²) in [6.45, 7) is 1.09. The molecule has 21 heavy (non-hydrogen) atoms. The zero-order valence-corrected chi connectivity index (χ0v) is 12.1. The molecule has 118 valence electrons. The molecule has 3 amide bonds. The lowest BCUT2D eigenvalue weighted by molar-refractivity contribution is -0.153.